The lowest BCUT2D eigenvalue weighted by atomic mass is 10.1. The summed E-state index contributed by atoms with van der Waals surface area (Å²) in [7, 11) is 1.32. The van der Waals surface area contributed by atoms with E-state index in [1.807, 2.05) is 43.3 Å². The number of nitrogens with one attached hydrogen (secondary N) is 1. The Morgan fingerprint density at radius 2 is 1.97 bits per heavy atom. The summed E-state index contributed by atoms with van der Waals surface area (Å²) in [6.07, 6.45) is 3.58. The number of methoxy groups -OCH3 is 1. The smallest absolute Gasteiger partial charge is 0.341 e. The second-order valence-electron chi connectivity index (χ2n) is 7.05. The number of rotatable bonds is 6. The summed E-state index contributed by atoms with van der Waals surface area (Å²) in [4.78, 5) is 25.9. The third-order valence-corrected chi connectivity index (χ3v) is 6.54. The first-order chi connectivity index (χ1) is 15.5. The minimum atomic E-state index is -0.499. The summed E-state index contributed by atoms with van der Waals surface area (Å²) in [5, 5.41) is 3.80. The van der Waals surface area contributed by atoms with Crippen LogP contribution >= 0.6 is 22.9 Å². The topological polar surface area (TPSA) is 73.9 Å². The Morgan fingerprint density at radius 3 is 2.75 bits per heavy atom. The molecular weight excluding hydrogens is 450 g/mol. The third-order valence-electron chi connectivity index (χ3n) is 4.99. The molecule has 0 spiro atoms. The number of ether oxygens (including phenoxy) is 3. The highest BCUT2D eigenvalue weighted by Crippen LogP contribution is 2.37. The van der Waals surface area contributed by atoms with Crippen molar-refractivity contribution >= 4 is 45.9 Å². The number of benzene rings is 2. The van der Waals surface area contributed by atoms with E-state index in [4.69, 9.17) is 25.8 Å². The lowest BCUT2D eigenvalue weighted by Crippen LogP contribution is -2.11. The van der Waals surface area contributed by atoms with E-state index in [0.29, 0.717) is 33.5 Å². The van der Waals surface area contributed by atoms with E-state index in [9.17, 15) is 9.59 Å². The molecule has 0 bridgehead atoms. The molecule has 0 fully saturated rings. The minimum Gasteiger partial charge on any atom is -0.465 e. The normalized spacial score (nSPS) is 12.2. The average molecular weight is 470 g/mol. The molecule has 0 unspecified atom stereocenters. The number of hydrogen-bond acceptors (Lipinski definition) is 6. The van der Waals surface area contributed by atoms with Gasteiger partial charge in [-0.15, -0.1) is 11.3 Å². The molecule has 164 valence electrons. The maximum absolute atomic E-state index is 12.6. The van der Waals surface area contributed by atoms with Crippen molar-refractivity contribution in [3.63, 3.8) is 0 Å². The Labute approximate surface area is 194 Å². The highest BCUT2D eigenvalue weighted by atomic mass is 35.5. The Hall–Kier alpha value is -3.29. The highest BCUT2D eigenvalue weighted by Gasteiger charge is 2.23. The molecule has 4 rings (SSSR count). The minimum absolute atomic E-state index is 0.210. The predicted molar refractivity (Wildman–Crippen MR) is 125 cm³/mol. The molecule has 8 heteroatoms. The molecule has 3 aromatic rings. The molecule has 1 aliphatic rings. The maximum atomic E-state index is 12.6. The van der Waals surface area contributed by atoms with Gasteiger partial charge in [-0.25, -0.2) is 4.79 Å². The zero-order chi connectivity index (χ0) is 22.7. The Morgan fingerprint density at radius 1 is 1.19 bits per heavy atom. The SMILES string of the molecule is COC(=O)c1c(NC(=O)C=Cc2ccccc2Cl)sc(Cc2ccc3c(c2)OCO3)c1C. The van der Waals surface area contributed by atoms with Crippen LogP contribution in [0.5, 0.6) is 11.5 Å². The van der Waals surface area contributed by atoms with Crippen LogP contribution in [0.2, 0.25) is 5.02 Å². The van der Waals surface area contributed by atoms with Gasteiger partial charge in [-0.05, 0) is 47.9 Å². The third kappa shape index (κ3) is 4.64. The van der Waals surface area contributed by atoms with Crippen molar-refractivity contribution < 1.29 is 23.8 Å². The zero-order valence-corrected chi connectivity index (χ0v) is 19.0. The summed E-state index contributed by atoms with van der Waals surface area (Å²) in [6.45, 7) is 2.06. The van der Waals surface area contributed by atoms with Crippen LogP contribution in [0.25, 0.3) is 6.08 Å². The fraction of sp³-hybridized carbons (Fsp3) is 0.167. The summed E-state index contributed by atoms with van der Waals surface area (Å²) >= 11 is 7.48. The van der Waals surface area contributed by atoms with Crippen LogP contribution in [0.4, 0.5) is 5.00 Å². The molecule has 0 aliphatic carbocycles. The molecule has 2 heterocycles. The molecule has 0 radical (unpaired) electrons. The van der Waals surface area contributed by atoms with Crippen LogP contribution in [0, 0.1) is 6.92 Å². The average Bonchev–Trinajstić information content (AvgIpc) is 3.37. The van der Waals surface area contributed by atoms with Gasteiger partial charge >= 0.3 is 5.97 Å². The van der Waals surface area contributed by atoms with Crippen molar-refractivity contribution in [1.29, 1.82) is 0 Å². The van der Waals surface area contributed by atoms with Crippen molar-refractivity contribution in [1.82, 2.24) is 0 Å². The molecule has 1 aliphatic heterocycles. The summed E-state index contributed by atoms with van der Waals surface area (Å²) < 4.78 is 15.8. The van der Waals surface area contributed by atoms with Crippen LogP contribution in [0.3, 0.4) is 0 Å². The first-order valence-corrected chi connectivity index (χ1v) is 11.0. The summed E-state index contributed by atoms with van der Waals surface area (Å²) in [5.41, 5.74) is 2.85. The number of halogens is 1. The molecular formula is C24H20ClNO5S. The lowest BCUT2D eigenvalue weighted by molar-refractivity contribution is -0.111. The molecule has 2 aromatic carbocycles. The number of fused-ring (bicyclic) bond motifs is 1. The molecule has 32 heavy (non-hydrogen) atoms. The molecule has 0 saturated carbocycles. The van der Waals surface area contributed by atoms with E-state index < -0.39 is 5.97 Å². The molecule has 6 nitrogen and oxygen atoms in total. The molecule has 1 aromatic heterocycles. The van der Waals surface area contributed by atoms with Crippen LogP contribution in [-0.4, -0.2) is 25.8 Å². The van der Waals surface area contributed by atoms with Crippen molar-refractivity contribution in [3.8, 4) is 11.5 Å². The van der Waals surface area contributed by atoms with Crippen LogP contribution in [0.1, 0.15) is 31.9 Å². The number of anilines is 1. The summed E-state index contributed by atoms with van der Waals surface area (Å²) in [5.74, 6) is 0.542. The monoisotopic (exact) mass is 469 g/mol. The number of esters is 1. The predicted octanol–water partition coefficient (Wildman–Crippen LogP) is 5.47. The zero-order valence-electron chi connectivity index (χ0n) is 17.4. The first kappa shape index (κ1) is 21.9. The van der Waals surface area contributed by atoms with Crippen LogP contribution < -0.4 is 14.8 Å². The number of carbonyl (C=O) groups excluding carboxylic acids is 2. The second-order valence-corrected chi connectivity index (χ2v) is 8.57. The van der Waals surface area contributed by atoms with Gasteiger partial charge in [0.15, 0.2) is 11.5 Å². The van der Waals surface area contributed by atoms with Gasteiger partial charge in [0, 0.05) is 22.4 Å². The first-order valence-electron chi connectivity index (χ1n) is 9.79. The van der Waals surface area contributed by atoms with Gasteiger partial charge in [0.05, 0.1) is 12.7 Å². The van der Waals surface area contributed by atoms with Gasteiger partial charge in [0.1, 0.15) is 5.00 Å². The van der Waals surface area contributed by atoms with Gasteiger partial charge < -0.3 is 19.5 Å². The van der Waals surface area contributed by atoms with Gasteiger partial charge in [0.25, 0.3) is 0 Å². The second kappa shape index (κ2) is 9.46. The lowest BCUT2D eigenvalue weighted by Gasteiger charge is -2.04. The van der Waals surface area contributed by atoms with Crippen molar-refractivity contribution in [2.45, 2.75) is 13.3 Å². The molecule has 0 saturated heterocycles. The number of carbonyl (C=O) groups is 2. The fourth-order valence-electron chi connectivity index (χ4n) is 3.33. The quantitative estimate of drug-likeness (QED) is 0.383. The van der Waals surface area contributed by atoms with Crippen molar-refractivity contribution in [2.75, 3.05) is 19.2 Å². The van der Waals surface area contributed by atoms with E-state index in [0.717, 1.165) is 21.6 Å². The van der Waals surface area contributed by atoms with Gasteiger partial charge in [-0.1, -0.05) is 35.9 Å². The molecule has 1 amide bonds. The van der Waals surface area contributed by atoms with E-state index in [2.05, 4.69) is 5.32 Å². The number of amides is 1. The van der Waals surface area contributed by atoms with E-state index >= 15 is 0 Å². The van der Waals surface area contributed by atoms with Gasteiger partial charge in [0.2, 0.25) is 12.7 Å². The van der Waals surface area contributed by atoms with Crippen LogP contribution in [0.15, 0.2) is 48.5 Å². The van der Waals surface area contributed by atoms with Crippen molar-refractivity contribution in [2.24, 2.45) is 0 Å². The van der Waals surface area contributed by atoms with Crippen molar-refractivity contribution in [3.05, 3.63) is 80.7 Å². The molecule has 1 N–H and O–H groups in total. The van der Waals surface area contributed by atoms with Gasteiger partial charge in [-0.2, -0.15) is 0 Å². The Bertz CT molecular complexity index is 1220. The van der Waals surface area contributed by atoms with Gasteiger partial charge in [-0.3, -0.25) is 4.79 Å². The van der Waals surface area contributed by atoms with Crippen LogP contribution in [-0.2, 0) is 16.0 Å². The molecule has 0 atom stereocenters. The summed E-state index contributed by atoms with van der Waals surface area (Å²) in [6, 6.07) is 13.0. The fourth-order valence-corrected chi connectivity index (χ4v) is 4.76. The number of thiophene rings is 1. The highest BCUT2D eigenvalue weighted by molar-refractivity contribution is 7.17. The van der Waals surface area contributed by atoms with E-state index in [1.165, 1.54) is 24.5 Å². The Balaban J connectivity index is 1.58. The maximum Gasteiger partial charge on any atom is 0.341 e. The number of hydrogen-bond donors (Lipinski definition) is 1. The van der Waals surface area contributed by atoms with E-state index in [-0.39, 0.29) is 12.7 Å². The standard InChI is InChI=1S/C24H20ClNO5S/c1-14-20(12-15-7-9-18-19(11-15)31-13-30-18)32-23(22(14)24(28)29-2)26-21(27)10-8-16-5-3-4-6-17(16)25/h3-11H,12-13H2,1-2H3,(H,26,27). The Kier molecular flexibility index (Phi) is 6.48. The largest absolute Gasteiger partial charge is 0.465 e. The van der Waals surface area contributed by atoms with E-state index in [1.54, 1.807) is 12.1 Å².